The zero-order valence-corrected chi connectivity index (χ0v) is 11.9. The Balaban J connectivity index is 2.89. The van der Waals surface area contributed by atoms with Gasteiger partial charge in [0.25, 0.3) is 0 Å². The lowest BCUT2D eigenvalue weighted by molar-refractivity contribution is 0.583. The smallest absolute Gasteiger partial charge is 0.193 e. The highest BCUT2D eigenvalue weighted by atomic mass is 79.9. The van der Waals surface area contributed by atoms with Crippen LogP contribution >= 0.6 is 27.5 Å². The molecule has 0 atom stereocenters. The van der Waals surface area contributed by atoms with Gasteiger partial charge in [0.2, 0.25) is 0 Å². The average Bonchev–Trinajstić information content (AvgIpc) is 2.08. The first-order chi connectivity index (χ1) is 7.28. The van der Waals surface area contributed by atoms with Crippen LogP contribution in [0.1, 0.15) is 20.8 Å². The lowest BCUT2D eigenvalue weighted by Crippen LogP contribution is -2.27. The van der Waals surface area contributed by atoms with Gasteiger partial charge in [-0.3, -0.25) is 0 Å². The maximum absolute atomic E-state index is 5.89. The van der Waals surface area contributed by atoms with Crippen LogP contribution in [-0.2, 0) is 0 Å². The normalized spacial score (nSPS) is 12.7. The van der Waals surface area contributed by atoms with Crippen molar-refractivity contribution in [3.8, 4) is 0 Å². The molecular formula is C11H15BrClN3. The van der Waals surface area contributed by atoms with Crippen LogP contribution in [-0.4, -0.2) is 11.5 Å². The number of aliphatic imine (C=N–C) groups is 1. The maximum Gasteiger partial charge on any atom is 0.193 e. The van der Waals surface area contributed by atoms with Crippen LogP contribution in [0, 0.1) is 0 Å². The third kappa shape index (κ3) is 4.41. The zero-order valence-electron chi connectivity index (χ0n) is 9.51. The predicted octanol–water partition coefficient (Wildman–Crippen LogP) is 3.63. The molecule has 1 aromatic rings. The van der Waals surface area contributed by atoms with Crippen molar-refractivity contribution in [2.45, 2.75) is 26.3 Å². The SMILES string of the molecule is CC(C)(C)N=C(N)Nc1cc(Cl)ccc1Br. The summed E-state index contributed by atoms with van der Waals surface area (Å²) in [4.78, 5) is 4.29. The lowest BCUT2D eigenvalue weighted by Gasteiger charge is -2.15. The molecule has 0 aromatic heterocycles. The Kier molecular flexibility index (Phi) is 4.21. The molecule has 0 unspecified atom stereocenters. The summed E-state index contributed by atoms with van der Waals surface area (Å²) in [6.45, 7) is 5.94. The van der Waals surface area contributed by atoms with Gasteiger partial charge in [0, 0.05) is 9.50 Å². The van der Waals surface area contributed by atoms with E-state index in [9.17, 15) is 0 Å². The average molecular weight is 305 g/mol. The van der Waals surface area contributed by atoms with Crippen molar-refractivity contribution in [3.63, 3.8) is 0 Å². The molecule has 1 aromatic carbocycles. The first kappa shape index (κ1) is 13.3. The van der Waals surface area contributed by atoms with E-state index >= 15 is 0 Å². The minimum absolute atomic E-state index is 0.206. The summed E-state index contributed by atoms with van der Waals surface area (Å²) in [5.74, 6) is 0.371. The van der Waals surface area contributed by atoms with E-state index in [2.05, 4.69) is 26.2 Å². The van der Waals surface area contributed by atoms with Crippen LogP contribution in [0.2, 0.25) is 5.02 Å². The van der Waals surface area contributed by atoms with Crippen LogP contribution in [0.4, 0.5) is 5.69 Å². The Morgan fingerprint density at radius 2 is 2.06 bits per heavy atom. The zero-order chi connectivity index (χ0) is 12.3. The third-order valence-corrected chi connectivity index (χ3v) is 2.57. The van der Waals surface area contributed by atoms with Gasteiger partial charge in [-0.05, 0) is 54.9 Å². The van der Waals surface area contributed by atoms with Gasteiger partial charge < -0.3 is 11.1 Å². The second kappa shape index (κ2) is 5.06. The molecule has 88 valence electrons. The van der Waals surface area contributed by atoms with E-state index in [0.717, 1.165) is 10.2 Å². The van der Waals surface area contributed by atoms with Crippen molar-refractivity contribution in [1.82, 2.24) is 0 Å². The van der Waals surface area contributed by atoms with E-state index in [1.54, 1.807) is 12.1 Å². The van der Waals surface area contributed by atoms with Crippen LogP contribution in [0.3, 0.4) is 0 Å². The van der Waals surface area contributed by atoms with E-state index in [1.807, 2.05) is 26.8 Å². The molecular weight excluding hydrogens is 289 g/mol. The summed E-state index contributed by atoms with van der Waals surface area (Å²) in [6, 6.07) is 5.44. The molecule has 3 N–H and O–H groups in total. The molecule has 0 saturated heterocycles. The minimum Gasteiger partial charge on any atom is -0.370 e. The molecule has 16 heavy (non-hydrogen) atoms. The highest BCUT2D eigenvalue weighted by molar-refractivity contribution is 9.10. The highest BCUT2D eigenvalue weighted by Gasteiger charge is 2.09. The van der Waals surface area contributed by atoms with Gasteiger partial charge in [-0.2, -0.15) is 0 Å². The number of halogens is 2. The molecule has 0 heterocycles. The number of guanidine groups is 1. The number of nitrogens with zero attached hydrogens (tertiary/aromatic N) is 1. The van der Waals surface area contributed by atoms with E-state index in [0.29, 0.717) is 11.0 Å². The van der Waals surface area contributed by atoms with Gasteiger partial charge in [-0.25, -0.2) is 4.99 Å². The first-order valence-electron chi connectivity index (χ1n) is 4.85. The number of hydrogen-bond donors (Lipinski definition) is 2. The standard InChI is InChI=1S/C11H15BrClN3/c1-11(2,3)16-10(14)15-9-6-7(13)4-5-8(9)12/h4-6H,1-3H3,(H3,14,15,16). The van der Waals surface area contributed by atoms with Gasteiger partial charge in [-0.1, -0.05) is 11.6 Å². The molecule has 0 aliphatic rings. The molecule has 0 amide bonds. The summed E-state index contributed by atoms with van der Waals surface area (Å²) in [6.07, 6.45) is 0. The van der Waals surface area contributed by atoms with Crippen LogP contribution in [0.25, 0.3) is 0 Å². The Labute approximate surface area is 109 Å². The summed E-state index contributed by atoms with van der Waals surface area (Å²) >= 11 is 9.30. The van der Waals surface area contributed by atoms with Gasteiger partial charge in [-0.15, -0.1) is 0 Å². The van der Waals surface area contributed by atoms with E-state index in [-0.39, 0.29) is 5.54 Å². The van der Waals surface area contributed by atoms with Crippen LogP contribution < -0.4 is 11.1 Å². The lowest BCUT2D eigenvalue weighted by atomic mass is 10.1. The topological polar surface area (TPSA) is 50.4 Å². The molecule has 0 aliphatic carbocycles. The summed E-state index contributed by atoms with van der Waals surface area (Å²) in [7, 11) is 0. The van der Waals surface area contributed by atoms with E-state index in [4.69, 9.17) is 17.3 Å². The second-order valence-electron chi connectivity index (χ2n) is 4.42. The molecule has 0 saturated carbocycles. The van der Waals surface area contributed by atoms with Crippen molar-refractivity contribution in [1.29, 1.82) is 0 Å². The van der Waals surface area contributed by atoms with Crippen molar-refractivity contribution >= 4 is 39.2 Å². The van der Waals surface area contributed by atoms with Gasteiger partial charge in [0.1, 0.15) is 0 Å². The Morgan fingerprint density at radius 3 is 2.62 bits per heavy atom. The molecule has 0 spiro atoms. The fourth-order valence-electron chi connectivity index (χ4n) is 1.12. The number of rotatable bonds is 1. The van der Waals surface area contributed by atoms with Crippen molar-refractivity contribution in [2.24, 2.45) is 10.7 Å². The van der Waals surface area contributed by atoms with E-state index in [1.165, 1.54) is 0 Å². The maximum atomic E-state index is 5.89. The first-order valence-corrected chi connectivity index (χ1v) is 6.02. The number of anilines is 1. The number of nitrogens with one attached hydrogen (secondary N) is 1. The summed E-state index contributed by atoms with van der Waals surface area (Å²) < 4.78 is 0.893. The fraction of sp³-hybridized carbons (Fsp3) is 0.364. The Hall–Kier alpha value is -0.740. The highest BCUT2D eigenvalue weighted by Crippen LogP contribution is 2.25. The van der Waals surface area contributed by atoms with Crippen molar-refractivity contribution in [3.05, 3.63) is 27.7 Å². The van der Waals surface area contributed by atoms with Crippen molar-refractivity contribution in [2.75, 3.05) is 5.32 Å². The number of benzene rings is 1. The van der Waals surface area contributed by atoms with Gasteiger partial charge in [0.05, 0.1) is 11.2 Å². The number of nitrogens with two attached hydrogens (primary N) is 1. The summed E-state index contributed by atoms with van der Waals surface area (Å²) in [5.41, 5.74) is 6.38. The second-order valence-corrected chi connectivity index (χ2v) is 5.71. The summed E-state index contributed by atoms with van der Waals surface area (Å²) in [5, 5.41) is 3.65. The largest absolute Gasteiger partial charge is 0.370 e. The Morgan fingerprint density at radius 1 is 1.44 bits per heavy atom. The molecule has 0 bridgehead atoms. The molecule has 5 heteroatoms. The molecule has 0 radical (unpaired) electrons. The van der Waals surface area contributed by atoms with E-state index < -0.39 is 0 Å². The van der Waals surface area contributed by atoms with Crippen molar-refractivity contribution < 1.29 is 0 Å². The molecule has 0 aliphatic heterocycles. The van der Waals surface area contributed by atoms with Crippen LogP contribution in [0.5, 0.6) is 0 Å². The molecule has 0 fully saturated rings. The van der Waals surface area contributed by atoms with Crippen LogP contribution in [0.15, 0.2) is 27.7 Å². The number of hydrogen-bond acceptors (Lipinski definition) is 1. The predicted molar refractivity (Wildman–Crippen MR) is 74.2 cm³/mol. The quantitative estimate of drug-likeness (QED) is 0.615. The minimum atomic E-state index is -0.206. The monoisotopic (exact) mass is 303 g/mol. The van der Waals surface area contributed by atoms with Gasteiger partial charge >= 0.3 is 0 Å². The third-order valence-electron chi connectivity index (χ3n) is 1.65. The van der Waals surface area contributed by atoms with Gasteiger partial charge in [0.15, 0.2) is 5.96 Å². The Bertz CT molecular complexity index is 410. The molecule has 3 nitrogen and oxygen atoms in total. The molecule has 1 rings (SSSR count). The fourth-order valence-corrected chi connectivity index (χ4v) is 1.64.